The van der Waals surface area contributed by atoms with E-state index in [2.05, 4.69) is 4.74 Å². The van der Waals surface area contributed by atoms with Crippen LogP contribution in [0, 0.1) is 14.9 Å². The summed E-state index contributed by atoms with van der Waals surface area (Å²) in [5.74, 6) is 0.0481. The fourth-order valence-electron chi connectivity index (χ4n) is 1.08. The van der Waals surface area contributed by atoms with E-state index in [0.717, 1.165) is 3.57 Å². The molecule has 0 unspecified atom stereocenters. The molecule has 0 N–H and O–H groups in total. The Morgan fingerprint density at radius 1 is 1.47 bits per heavy atom. The summed E-state index contributed by atoms with van der Waals surface area (Å²) in [6, 6.07) is 5.02. The molecule has 0 saturated carbocycles. The van der Waals surface area contributed by atoms with E-state index in [9.17, 15) is 4.79 Å². The second-order valence-electron chi connectivity index (χ2n) is 2.64. The predicted molar refractivity (Wildman–Crippen MR) is 61.8 cm³/mol. The smallest absolute Gasteiger partial charge is 0.339 e. The number of methoxy groups -OCH3 is 2. The lowest BCUT2D eigenvalue weighted by Crippen LogP contribution is -2.05. The van der Waals surface area contributed by atoms with Gasteiger partial charge in [-0.15, -0.1) is 0 Å². The normalized spacial score (nSPS) is 9.20. The monoisotopic (exact) mass is 317 g/mol. The third-order valence-corrected chi connectivity index (χ3v) is 2.66. The molecule has 0 aliphatic carbocycles. The summed E-state index contributed by atoms with van der Waals surface area (Å²) < 4.78 is 10.4. The maximum absolute atomic E-state index is 11.3. The fraction of sp³-hybridized carbons (Fsp3) is 0.200. The predicted octanol–water partition coefficient (Wildman–Crippen LogP) is 1.96. The zero-order valence-corrected chi connectivity index (χ0v) is 10.4. The van der Waals surface area contributed by atoms with E-state index in [1.807, 2.05) is 28.7 Å². The molecule has 0 radical (unpaired) electrons. The van der Waals surface area contributed by atoms with Crippen LogP contribution in [0.15, 0.2) is 12.1 Å². The van der Waals surface area contributed by atoms with Crippen molar-refractivity contribution in [1.82, 2.24) is 0 Å². The summed E-state index contributed by atoms with van der Waals surface area (Å²) in [5.41, 5.74) is 0.504. The van der Waals surface area contributed by atoms with Crippen LogP contribution in [-0.4, -0.2) is 20.2 Å². The third-order valence-electron chi connectivity index (χ3n) is 1.82. The molecule has 0 amide bonds. The summed E-state index contributed by atoms with van der Waals surface area (Å²) in [6.45, 7) is 0. The summed E-state index contributed by atoms with van der Waals surface area (Å²) in [4.78, 5) is 11.3. The zero-order valence-electron chi connectivity index (χ0n) is 8.20. The van der Waals surface area contributed by atoms with Gasteiger partial charge in [-0.3, -0.25) is 0 Å². The third kappa shape index (κ3) is 2.39. The van der Waals surface area contributed by atoms with Gasteiger partial charge in [-0.25, -0.2) is 4.79 Å². The van der Waals surface area contributed by atoms with Crippen molar-refractivity contribution in [1.29, 1.82) is 5.26 Å². The lowest BCUT2D eigenvalue weighted by Gasteiger charge is -2.07. The van der Waals surface area contributed by atoms with Gasteiger partial charge >= 0.3 is 5.97 Å². The number of nitrogens with zero attached hydrogens (tertiary/aromatic N) is 1. The molecule has 0 fully saturated rings. The molecule has 15 heavy (non-hydrogen) atoms. The Morgan fingerprint density at radius 2 is 2.13 bits per heavy atom. The maximum atomic E-state index is 11.3. The summed E-state index contributed by atoms with van der Waals surface area (Å²) >= 11 is 2.03. The first-order chi connectivity index (χ1) is 7.13. The number of carbonyl (C=O) groups is 1. The summed E-state index contributed by atoms with van der Waals surface area (Å²) in [7, 11) is 2.79. The molecule has 0 atom stereocenters. The quantitative estimate of drug-likeness (QED) is 0.618. The van der Waals surface area contributed by atoms with Gasteiger partial charge in [0.15, 0.2) is 0 Å². The minimum atomic E-state index is -0.521. The van der Waals surface area contributed by atoms with Crippen molar-refractivity contribution in [3.8, 4) is 11.8 Å². The van der Waals surface area contributed by atoms with Crippen molar-refractivity contribution in [3.63, 3.8) is 0 Å². The van der Waals surface area contributed by atoms with Crippen molar-refractivity contribution >= 4 is 28.6 Å². The van der Waals surface area contributed by atoms with Crippen LogP contribution >= 0.6 is 22.6 Å². The standard InChI is InChI=1S/C10H8INO3/c1-14-9-3-6(5-12)7(4-8(9)11)10(13)15-2/h3-4H,1-2H3. The van der Waals surface area contributed by atoms with Gasteiger partial charge in [0.05, 0.1) is 28.9 Å². The molecule has 4 nitrogen and oxygen atoms in total. The Morgan fingerprint density at radius 3 is 2.60 bits per heavy atom. The van der Waals surface area contributed by atoms with E-state index in [0.29, 0.717) is 5.75 Å². The highest BCUT2D eigenvalue weighted by Gasteiger charge is 2.15. The van der Waals surface area contributed by atoms with Crippen molar-refractivity contribution < 1.29 is 14.3 Å². The molecule has 0 spiro atoms. The largest absolute Gasteiger partial charge is 0.496 e. The molecule has 1 aromatic carbocycles. The molecule has 0 aliphatic rings. The van der Waals surface area contributed by atoms with Crippen LogP contribution in [0.4, 0.5) is 0 Å². The molecule has 5 heteroatoms. The zero-order chi connectivity index (χ0) is 11.4. The van der Waals surface area contributed by atoms with Crippen LogP contribution in [0.5, 0.6) is 5.75 Å². The summed E-state index contributed by atoms with van der Waals surface area (Å²) in [6.07, 6.45) is 0. The minimum absolute atomic E-state index is 0.249. The van der Waals surface area contributed by atoms with Gasteiger partial charge in [0.25, 0.3) is 0 Å². The van der Waals surface area contributed by atoms with E-state index in [1.54, 1.807) is 6.07 Å². The number of benzene rings is 1. The van der Waals surface area contributed by atoms with Gasteiger partial charge in [0, 0.05) is 0 Å². The first-order valence-electron chi connectivity index (χ1n) is 4.00. The van der Waals surface area contributed by atoms with Crippen LogP contribution in [0.2, 0.25) is 0 Å². The van der Waals surface area contributed by atoms with Gasteiger partial charge < -0.3 is 9.47 Å². The maximum Gasteiger partial charge on any atom is 0.339 e. The van der Waals surface area contributed by atoms with Gasteiger partial charge in [0.2, 0.25) is 0 Å². The molecule has 78 valence electrons. The second-order valence-corrected chi connectivity index (χ2v) is 3.80. The second kappa shape index (κ2) is 4.98. The molecular weight excluding hydrogens is 309 g/mol. The number of ether oxygens (including phenoxy) is 2. The molecule has 0 aromatic heterocycles. The Bertz CT molecular complexity index is 437. The van der Waals surface area contributed by atoms with E-state index in [1.165, 1.54) is 20.3 Å². The highest BCUT2D eigenvalue weighted by molar-refractivity contribution is 14.1. The average Bonchev–Trinajstić information content (AvgIpc) is 2.27. The van der Waals surface area contributed by atoms with Crippen LogP contribution in [0.3, 0.4) is 0 Å². The lowest BCUT2D eigenvalue weighted by molar-refractivity contribution is 0.0600. The number of nitriles is 1. The molecule has 1 aromatic rings. The van der Waals surface area contributed by atoms with Gasteiger partial charge in [-0.05, 0) is 34.7 Å². The van der Waals surface area contributed by atoms with Gasteiger partial charge in [-0.1, -0.05) is 0 Å². The van der Waals surface area contributed by atoms with E-state index in [-0.39, 0.29) is 11.1 Å². The molecule has 0 aliphatic heterocycles. The highest BCUT2D eigenvalue weighted by Crippen LogP contribution is 2.25. The Kier molecular flexibility index (Phi) is 3.91. The van der Waals surface area contributed by atoms with Crippen LogP contribution < -0.4 is 4.74 Å². The van der Waals surface area contributed by atoms with Gasteiger partial charge in [0.1, 0.15) is 11.8 Å². The Hall–Kier alpha value is -1.29. The molecule has 0 heterocycles. The van der Waals surface area contributed by atoms with Gasteiger partial charge in [-0.2, -0.15) is 5.26 Å². The van der Waals surface area contributed by atoms with Crippen molar-refractivity contribution in [2.75, 3.05) is 14.2 Å². The number of hydrogen-bond acceptors (Lipinski definition) is 4. The molecule has 0 bridgehead atoms. The van der Waals surface area contributed by atoms with Crippen LogP contribution in [-0.2, 0) is 4.74 Å². The lowest BCUT2D eigenvalue weighted by atomic mass is 10.1. The number of esters is 1. The highest BCUT2D eigenvalue weighted by atomic mass is 127. The van der Waals surface area contributed by atoms with E-state index in [4.69, 9.17) is 10.00 Å². The topological polar surface area (TPSA) is 59.3 Å². The van der Waals surface area contributed by atoms with E-state index >= 15 is 0 Å². The number of halogens is 1. The number of carbonyl (C=O) groups excluding carboxylic acids is 1. The minimum Gasteiger partial charge on any atom is -0.496 e. The molecule has 1 rings (SSSR count). The molecular formula is C10H8INO3. The Balaban J connectivity index is 3.35. The average molecular weight is 317 g/mol. The van der Waals surface area contributed by atoms with E-state index < -0.39 is 5.97 Å². The van der Waals surface area contributed by atoms with Crippen molar-refractivity contribution in [2.45, 2.75) is 0 Å². The first-order valence-corrected chi connectivity index (χ1v) is 5.07. The fourth-order valence-corrected chi connectivity index (χ4v) is 1.77. The summed E-state index contributed by atoms with van der Waals surface area (Å²) in [5, 5.41) is 8.86. The molecule has 0 saturated heterocycles. The Labute approximate surface area is 101 Å². The van der Waals surface area contributed by atoms with Crippen LogP contribution in [0.1, 0.15) is 15.9 Å². The SMILES string of the molecule is COC(=O)c1cc(I)c(OC)cc1C#N. The number of hydrogen-bond donors (Lipinski definition) is 0. The first kappa shape index (κ1) is 11.8. The van der Waals surface area contributed by atoms with Crippen LogP contribution in [0.25, 0.3) is 0 Å². The number of rotatable bonds is 2. The van der Waals surface area contributed by atoms with Crippen molar-refractivity contribution in [2.24, 2.45) is 0 Å². The van der Waals surface area contributed by atoms with Crippen molar-refractivity contribution in [3.05, 3.63) is 26.8 Å².